The number of aromatic nitrogens is 2. The van der Waals surface area contributed by atoms with E-state index >= 15 is 0 Å². The van der Waals surface area contributed by atoms with E-state index in [1.165, 1.54) is 11.8 Å². The zero-order chi connectivity index (χ0) is 15.6. The SMILES string of the molecule is Cc1nc(SCC(N)c2cc(F)ccc2F)nc(C)c1C. The van der Waals surface area contributed by atoms with E-state index in [0.717, 1.165) is 35.2 Å². The zero-order valence-electron chi connectivity index (χ0n) is 12.2. The first-order valence-corrected chi connectivity index (χ1v) is 7.52. The third-order valence-electron chi connectivity index (χ3n) is 3.36. The first-order valence-electron chi connectivity index (χ1n) is 6.53. The number of rotatable bonds is 4. The molecule has 0 saturated carbocycles. The molecule has 0 radical (unpaired) electrons. The second-order valence-electron chi connectivity index (χ2n) is 4.89. The van der Waals surface area contributed by atoms with E-state index in [9.17, 15) is 8.78 Å². The number of benzene rings is 1. The summed E-state index contributed by atoms with van der Waals surface area (Å²) in [6.45, 7) is 5.80. The zero-order valence-corrected chi connectivity index (χ0v) is 13.0. The minimum Gasteiger partial charge on any atom is -0.323 e. The van der Waals surface area contributed by atoms with E-state index in [4.69, 9.17) is 5.73 Å². The molecule has 2 rings (SSSR count). The van der Waals surface area contributed by atoms with Crippen LogP contribution in [-0.2, 0) is 0 Å². The lowest BCUT2D eigenvalue weighted by molar-refractivity contribution is 0.573. The van der Waals surface area contributed by atoms with Crippen LogP contribution < -0.4 is 5.73 Å². The van der Waals surface area contributed by atoms with Gasteiger partial charge in [0.1, 0.15) is 11.6 Å². The van der Waals surface area contributed by atoms with E-state index < -0.39 is 17.7 Å². The van der Waals surface area contributed by atoms with Gasteiger partial charge in [-0.15, -0.1) is 0 Å². The highest BCUT2D eigenvalue weighted by Crippen LogP contribution is 2.24. The summed E-state index contributed by atoms with van der Waals surface area (Å²) in [6, 6.07) is 2.68. The number of aryl methyl sites for hydroxylation is 2. The summed E-state index contributed by atoms with van der Waals surface area (Å²) < 4.78 is 26.8. The molecule has 0 bridgehead atoms. The molecule has 6 heteroatoms. The molecule has 1 heterocycles. The van der Waals surface area contributed by atoms with Crippen LogP contribution in [0.1, 0.15) is 28.6 Å². The highest BCUT2D eigenvalue weighted by molar-refractivity contribution is 7.99. The van der Waals surface area contributed by atoms with Gasteiger partial charge in [-0.2, -0.15) is 0 Å². The van der Waals surface area contributed by atoms with Gasteiger partial charge in [0.2, 0.25) is 0 Å². The van der Waals surface area contributed by atoms with Crippen molar-refractivity contribution in [2.45, 2.75) is 32.0 Å². The van der Waals surface area contributed by atoms with Gasteiger partial charge in [0.25, 0.3) is 0 Å². The molecule has 0 aliphatic rings. The molecule has 3 nitrogen and oxygen atoms in total. The smallest absolute Gasteiger partial charge is 0.188 e. The number of thioether (sulfide) groups is 1. The Morgan fingerprint density at radius 1 is 1.14 bits per heavy atom. The molecular formula is C15H17F2N3S. The lowest BCUT2D eigenvalue weighted by Crippen LogP contribution is -2.15. The molecule has 1 aromatic heterocycles. The third kappa shape index (κ3) is 3.77. The van der Waals surface area contributed by atoms with Crippen molar-refractivity contribution in [2.24, 2.45) is 5.73 Å². The van der Waals surface area contributed by atoms with Gasteiger partial charge in [-0.3, -0.25) is 0 Å². The summed E-state index contributed by atoms with van der Waals surface area (Å²) in [5.74, 6) is -0.616. The Morgan fingerprint density at radius 2 is 1.76 bits per heavy atom. The van der Waals surface area contributed by atoms with Gasteiger partial charge < -0.3 is 5.73 Å². The van der Waals surface area contributed by atoms with Crippen LogP contribution in [0.15, 0.2) is 23.4 Å². The van der Waals surface area contributed by atoms with Crippen molar-refractivity contribution in [3.05, 3.63) is 52.3 Å². The Bertz CT molecular complexity index is 638. The van der Waals surface area contributed by atoms with Crippen molar-refractivity contribution in [1.82, 2.24) is 9.97 Å². The Kier molecular flexibility index (Phi) is 4.90. The van der Waals surface area contributed by atoms with Crippen LogP contribution >= 0.6 is 11.8 Å². The van der Waals surface area contributed by atoms with Gasteiger partial charge in [-0.25, -0.2) is 18.7 Å². The second kappa shape index (κ2) is 6.49. The monoisotopic (exact) mass is 309 g/mol. The van der Waals surface area contributed by atoms with Crippen LogP contribution in [0.4, 0.5) is 8.78 Å². The fraction of sp³-hybridized carbons (Fsp3) is 0.333. The summed E-state index contributed by atoms with van der Waals surface area (Å²) in [6.07, 6.45) is 0. The summed E-state index contributed by atoms with van der Waals surface area (Å²) in [5, 5.41) is 0.600. The van der Waals surface area contributed by atoms with Gasteiger partial charge in [-0.05, 0) is 44.5 Å². The van der Waals surface area contributed by atoms with E-state index in [-0.39, 0.29) is 5.56 Å². The maximum absolute atomic E-state index is 13.6. The van der Waals surface area contributed by atoms with E-state index in [1.807, 2.05) is 20.8 Å². The Labute approximate surface area is 127 Å². The standard InChI is InChI=1S/C15H17F2N3S/c1-8-9(2)19-15(20-10(8)3)21-7-14(18)12-6-11(16)4-5-13(12)17/h4-6,14H,7,18H2,1-3H3. The van der Waals surface area contributed by atoms with Crippen LogP contribution in [0.3, 0.4) is 0 Å². The highest BCUT2D eigenvalue weighted by atomic mass is 32.2. The Hall–Kier alpha value is -1.53. The first kappa shape index (κ1) is 15.9. The summed E-state index contributed by atoms with van der Waals surface area (Å²) in [4.78, 5) is 8.74. The van der Waals surface area contributed by atoms with E-state index in [1.54, 1.807) is 0 Å². The summed E-state index contributed by atoms with van der Waals surface area (Å²) in [5.41, 5.74) is 8.99. The third-order valence-corrected chi connectivity index (χ3v) is 4.33. The fourth-order valence-electron chi connectivity index (χ4n) is 1.86. The van der Waals surface area contributed by atoms with Gasteiger partial charge in [0, 0.05) is 28.7 Å². The van der Waals surface area contributed by atoms with Crippen molar-refractivity contribution < 1.29 is 8.78 Å². The fourth-order valence-corrected chi connectivity index (χ4v) is 2.77. The molecule has 2 aromatic rings. The number of nitrogens with zero attached hydrogens (tertiary/aromatic N) is 2. The number of nitrogens with two attached hydrogens (primary N) is 1. The molecule has 1 aromatic carbocycles. The molecule has 0 saturated heterocycles. The average Bonchev–Trinajstić information content (AvgIpc) is 2.44. The van der Waals surface area contributed by atoms with Crippen molar-refractivity contribution in [3.63, 3.8) is 0 Å². The summed E-state index contributed by atoms with van der Waals surface area (Å²) in [7, 11) is 0. The quantitative estimate of drug-likeness (QED) is 0.694. The van der Waals surface area contributed by atoms with Gasteiger partial charge in [0.05, 0.1) is 0 Å². The van der Waals surface area contributed by atoms with Crippen LogP contribution in [0.5, 0.6) is 0 Å². The second-order valence-corrected chi connectivity index (χ2v) is 5.87. The van der Waals surface area contributed by atoms with Crippen molar-refractivity contribution >= 4 is 11.8 Å². The molecule has 0 amide bonds. The number of hydrogen-bond donors (Lipinski definition) is 1. The number of hydrogen-bond acceptors (Lipinski definition) is 4. The minimum atomic E-state index is -0.615. The van der Waals surface area contributed by atoms with Crippen LogP contribution in [0.25, 0.3) is 0 Å². The topological polar surface area (TPSA) is 51.8 Å². The summed E-state index contributed by atoms with van der Waals surface area (Å²) >= 11 is 1.34. The van der Waals surface area contributed by atoms with Crippen LogP contribution in [-0.4, -0.2) is 15.7 Å². The maximum Gasteiger partial charge on any atom is 0.188 e. The maximum atomic E-state index is 13.6. The highest BCUT2D eigenvalue weighted by Gasteiger charge is 2.14. The molecule has 2 N–H and O–H groups in total. The normalized spacial score (nSPS) is 12.5. The van der Waals surface area contributed by atoms with Crippen molar-refractivity contribution in [2.75, 3.05) is 5.75 Å². The molecule has 0 fully saturated rings. The Morgan fingerprint density at radius 3 is 2.38 bits per heavy atom. The van der Waals surface area contributed by atoms with Crippen molar-refractivity contribution in [1.29, 1.82) is 0 Å². The number of halogens is 2. The molecule has 0 spiro atoms. The predicted octanol–water partition coefficient (Wildman–Crippen LogP) is 3.47. The van der Waals surface area contributed by atoms with Gasteiger partial charge >= 0.3 is 0 Å². The molecule has 1 unspecified atom stereocenters. The van der Waals surface area contributed by atoms with Gasteiger partial charge in [0.15, 0.2) is 5.16 Å². The van der Waals surface area contributed by atoms with Crippen molar-refractivity contribution in [3.8, 4) is 0 Å². The van der Waals surface area contributed by atoms with Crippen LogP contribution in [0.2, 0.25) is 0 Å². The first-order chi connectivity index (χ1) is 9.88. The largest absolute Gasteiger partial charge is 0.323 e. The molecule has 112 valence electrons. The van der Waals surface area contributed by atoms with Gasteiger partial charge in [-0.1, -0.05) is 11.8 Å². The molecule has 1 atom stereocenters. The molecule has 0 aliphatic carbocycles. The minimum absolute atomic E-state index is 0.169. The molecule has 0 aliphatic heterocycles. The van der Waals surface area contributed by atoms with E-state index in [2.05, 4.69) is 9.97 Å². The lowest BCUT2D eigenvalue weighted by atomic mass is 10.1. The van der Waals surface area contributed by atoms with E-state index in [0.29, 0.717) is 10.9 Å². The lowest BCUT2D eigenvalue weighted by Gasteiger charge is -2.13. The predicted molar refractivity (Wildman–Crippen MR) is 80.3 cm³/mol. The Balaban J connectivity index is 2.11. The average molecular weight is 309 g/mol. The molecule has 21 heavy (non-hydrogen) atoms. The molecular weight excluding hydrogens is 292 g/mol. The van der Waals surface area contributed by atoms with Crippen LogP contribution in [0, 0.1) is 32.4 Å².